The van der Waals surface area contributed by atoms with E-state index in [-0.39, 0.29) is 12.5 Å². The molecule has 2 aromatic carbocycles. The second kappa shape index (κ2) is 8.89. The third-order valence-corrected chi connectivity index (χ3v) is 6.24. The number of esters is 1. The summed E-state index contributed by atoms with van der Waals surface area (Å²) in [6, 6.07) is 12.2. The molecule has 0 saturated carbocycles. The second-order valence-corrected chi connectivity index (χ2v) is 8.28. The molecule has 8 heteroatoms. The van der Waals surface area contributed by atoms with Gasteiger partial charge in [-0.3, -0.25) is 14.5 Å². The van der Waals surface area contributed by atoms with Crippen molar-refractivity contribution in [1.82, 2.24) is 9.55 Å². The maximum Gasteiger partial charge on any atom is 0.321 e. The van der Waals surface area contributed by atoms with E-state index in [4.69, 9.17) is 32.9 Å². The van der Waals surface area contributed by atoms with Crippen LogP contribution < -0.4 is 4.90 Å². The van der Waals surface area contributed by atoms with Gasteiger partial charge in [-0.25, -0.2) is 4.98 Å². The molecule has 0 fully saturated rings. The molecule has 1 aliphatic heterocycles. The van der Waals surface area contributed by atoms with Crippen LogP contribution in [0.25, 0.3) is 11.0 Å². The highest BCUT2D eigenvalue weighted by molar-refractivity contribution is 6.42. The highest BCUT2D eigenvalue weighted by Gasteiger charge is 2.47. The Labute approximate surface area is 190 Å². The Kier molecular flexibility index (Phi) is 6.21. The summed E-state index contributed by atoms with van der Waals surface area (Å²) in [5.74, 6) is -1.41. The van der Waals surface area contributed by atoms with Crippen LogP contribution >= 0.6 is 23.2 Å². The van der Waals surface area contributed by atoms with E-state index in [1.807, 2.05) is 28.8 Å². The van der Waals surface area contributed by atoms with Gasteiger partial charge in [0.25, 0.3) is 0 Å². The number of para-hydroxylation sites is 2. The van der Waals surface area contributed by atoms with Crippen LogP contribution in [0.15, 0.2) is 42.5 Å². The highest BCUT2D eigenvalue weighted by atomic mass is 35.5. The molecule has 6 nitrogen and oxygen atoms in total. The fourth-order valence-corrected chi connectivity index (χ4v) is 4.38. The van der Waals surface area contributed by atoms with Gasteiger partial charge in [-0.15, -0.1) is 0 Å². The van der Waals surface area contributed by atoms with Crippen molar-refractivity contribution < 1.29 is 14.3 Å². The second-order valence-electron chi connectivity index (χ2n) is 7.46. The number of aromatic nitrogens is 2. The van der Waals surface area contributed by atoms with E-state index in [1.165, 1.54) is 0 Å². The minimum atomic E-state index is -1.06. The fourth-order valence-electron chi connectivity index (χ4n) is 4.07. The number of ether oxygens (including phenoxy) is 1. The molecule has 4 rings (SSSR count). The largest absolute Gasteiger partial charge is 0.465 e. The first-order valence-corrected chi connectivity index (χ1v) is 11.1. The average molecular weight is 460 g/mol. The lowest BCUT2D eigenvalue weighted by atomic mass is 9.89. The number of fused-ring (bicyclic) bond motifs is 3. The SMILES string of the molecule is CCCCN1C(=O)C(C(=O)OCC)C(c2ccc(Cl)c(Cl)c2)n2c1nc1ccccc12. The maximum absolute atomic E-state index is 13.6. The number of hydrogen-bond acceptors (Lipinski definition) is 4. The predicted octanol–water partition coefficient (Wildman–Crippen LogP) is 5.26. The fraction of sp³-hybridized carbons (Fsp3) is 0.348. The molecule has 1 aliphatic rings. The minimum absolute atomic E-state index is 0.184. The van der Waals surface area contributed by atoms with Crippen molar-refractivity contribution in [2.75, 3.05) is 18.1 Å². The predicted molar refractivity (Wildman–Crippen MR) is 122 cm³/mol. The first-order valence-electron chi connectivity index (χ1n) is 10.4. The molecule has 31 heavy (non-hydrogen) atoms. The van der Waals surface area contributed by atoms with Crippen molar-refractivity contribution in [3.05, 3.63) is 58.1 Å². The van der Waals surface area contributed by atoms with Gasteiger partial charge in [0.15, 0.2) is 5.92 Å². The van der Waals surface area contributed by atoms with Gasteiger partial charge in [-0.1, -0.05) is 54.7 Å². The van der Waals surface area contributed by atoms with Crippen LogP contribution in [0.5, 0.6) is 0 Å². The van der Waals surface area contributed by atoms with Gasteiger partial charge in [0.1, 0.15) is 0 Å². The Morgan fingerprint density at radius 2 is 1.90 bits per heavy atom. The minimum Gasteiger partial charge on any atom is -0.465 e. The monoisotopic (exact) mass is 459 g/mol. The molecule has 0 radical (unpaired) electrons. The number of nitrogens with zero attached hydrogens (tertiary/aromatic N) is 3. The van der Waals surface area contributed by atoms with Gasteiger partial charge in [0.2, 0.25) is 11.9 Å². The number of unbranched alkanes of at least 4 members (excludes halogenated alkanes) is 1. The first kappa shape index (κ1) is 21.7. The Hall–Kier alpha value is -2.57. The molecule has 0 spiro atoms. The van der Waals surface area contributed by atoms with Crippen molar-refractivity contribution in [3.8, 4) is 0 Å². The average Bonchev–Trinajstić information content (AvgIpc) is 3.13. The third-order valence-electron chi connectivity index (χ3n) is 5.51. The van der Waals surface area contributed by atoms with Crippen molar-refractivity contribution in [2.24, 2.45) is 5.92 Å². The normalized spacial score (nSPS) is 18.3. The van der Waals surface area contributed by atoms with Gasteiger partial charge in [-0.2, -0.15) is 0 Å². The molecule has 162 valence electrons. The molecule has 0 saturated heterocycles. The number of hydrogen-bond donors (Lipinski definition) is 0. The lowest BCUT2D eigenvalue weighted by molar-refractivity contribution is -0.153. The standard InChI is InChI=1S/C23H23Cl2N3O3/c1-3-5-12-27-21(29)19(22(30)31-4-2)20(14-10-11-15(24)16(25)13-14)28-18-9-7-6-8-17(18)26-23(27)28/h6-11,13,19-20H,3-5,12H2,1-2H3. The topological polar surface area (TPSA) is 64.4 Å². The van der Waals surface area contributed by atoms with Gasteiger partial charge in [0, 0.05) is 6.54 Å². The van der Waals surface area contributed by atoms with Gasteiger partial charge >= 0.3 is 5.97 Å². The summed E-state index contributed by atoms with van der Waals surface area (Å²) in [4.78, 5) is 33.1. The number of halogens is 2. The number of anilines is 1. The zero-order valence-corrected chi connectivity index (χ0v) is 18.9. The molecular formula is C23H23Cl2N3O3. The van der Waals surface area contributed by atoms with Gasteiger partial charge in [-0.05, 0) is 43.2 Å². The highest BCUT2D eigenvalue weighted by Crippen LogP contribution is 2.42. The lowest BCUT2D eigenvalue weighted by Crippen LogP contribution is -2.50. The van der Waals surface area contributed by atoms with Gasteiger partial charge < -0.3 is 9.30 Å². The molecule has 0 N–H and O–H groups in total. The zero-order valence-electron chi connectivity index (χ0n) is 17.3. The Bertz CT molecular complexity index is 1140. The van der Waals surface area contributed by atoms with Crippen molar-refractivity contribution in [1.29, 1.82) is 0 Å². The molecule has 2 atom stereocenters. The van der Waals surface area contributed by atoms with Crippen LogP contribution in [-0.4, -0.2) is 34.6 Å². The molecular weight excluding hydrogens is 437 g/mol. The van der Waals surface area contributed by atoms with Crippen LogP contribution in [0.4, 0.5) is 5.95 Å². The number of benzene rings is 2. The van der Waals surface area contributed by atoms with Gasteiger partial charge in [0.05, 0.1) is 33.7 Å². The Morgan fingerprint density at radius 1 is 1.13 bits per heavy atom. The van der Waals surface area contributed by atoms with E-state index in [0.29, 0.717) is 28.1 Å². The number of imidazole rings is 1. The first-order chi connectivity index (χ1) is 15.0. The molecule has 1 amide bonds. The molecule has 1 aromatic heterocycles. The molecule has 0 bridgehead atoms. The zero-order chi connectivity index (χ0) is 22.1. The summed E-state index contributed by atoms with van der Waals surface area (Å²) in [5, 5.41) is 0.758. The van der Waals surface area contributed by atoms with Crippen molar-refractivity contribution in [3.63, 3.8) is 0 Å². The van der Waals surface area contributed by atoms with Crippen molar-refractivity contribution >= 4 is 52.1 Å². The van der Waals surface area contributed by atoms with Crippen LogP contribution in [0.2, 0.25) is 10.0 Å². The Morgan fingerprint density at radius 3 is 2.61 bits per heavy atom. The molecule has 0 aliphatic carbocycles. The van der Waals surface area contributed by atoms with E-state index in [9.17, 15) is 9.59 Å². The summed E-state index contributed by atoms with van der Waals surface area (Å²) >= 11 is 12.4. The summed E-state index contributed by atoms with van der Waals surface area (Å²) < 4.78 is 7.29. The van der Waals surface area contributed by atoms with Crippen LogP contribution in [0, 0.1) is 5.92 Å². The summed E-state index contributed by atoms with van der Waals surface area (Å²) in [6.45, 7) is 4.44. The van der Waals surface area contributed by atoms with E-state index >= 15 is 0 Å². The van der Waals surface area contributed by atoms with E-state index in [1.54, 1.807) is 30.0 Å². The van der Waals surface area contributed by atoms with E-state index in [2.05, 4.69) is 6.92 Å². The van der Waals surface area contributed by atoms with E-state index in [0.717, 1.165) is 23.9 Å². The number of carbonyl (C=O) groups is 2. The number of rotatable bonds is 6. The molecule has 2 heterocycles. The Balaban J connectivity index is 1.99. The third kappa shape index (κ3) is 3.79. The lowest BCUT2D eigenvalue weighted by Gasteiger charge is -2.38. The molecule has 3 aromatic rings. The van der Waals surface area contributed by atoms with Crippen LogP contribution in [0.1, 0.15) is 38.3 Å². The van der Waals surface area contributed by atoms with E-state index < -0.39 is 17.9 Å². The summed E-state index contributed by atoms with van der Waals surface area (Å²) in [5.41, 5.74) is 2.28. The number of amides is 1. The van der Waals surface area contributed by atoms with Crippen LogP contribution in [0.3, 0.4) is 0 Å². The quantitative estimate of drug-likeness (QED) is 0.372. The smallest absolute Gasteiger partial charge is 0.321 e. The van der Waals surface area contributed by atoms with Crippen molar-refractivity contribution in [2.45, 2.75) is 32.7 Å². The summed E-state index contributed by atoms with van der Waals surface area (Å²) in [6.07, 6.45) is 1.70. The summed E-state index contributed by atoms with van der Waals surface area (Å²) in [7, 11) is 0. The molecule has 2 unspecified atom stereocenters. The maximum atomic E-state index is 13.6. The van der Waals surface area contributed by atoms with Crippen LogP contribution in [-0.2, 0) is 14.3 Å². The number of carbonyl (C=O) groups excluding carboxylic acids is 2.